The SMILES string of the molecule is C#CCO[C@H]1O[C@@](CO[Si](c2ccccc2)(c2ccccc2)C(C)(C)C)(OCC#C)C2=C1SCCS2. The van der Waals surface area contributed by atoms with Crippen LogP contribution in [0.2, 0.25) is 5.04 Å². The molecule has 188 valence electrons. The van der Waals surface area contributed by atoms with Crippen LogP contribution in [0.5, 0.6) is 0 Å². The third kappa shape index (κ3) is 5.21. The van der Waals surface area contributed by atoms with Crippen molar-refractivity contribution in [2.24, 2.45) is 0 Å². The molecule has 2 heterocycles. The van der Waals surface area contributed by atoms with Crippen molar-refractivity contribution in [1.82, 2.24) is 0 Å². The zero-order valence-corrected chi connectivity index (χ0v) is 23.6. The predicted molar refractivity (Wildman–Crippen MR) is 153 cm³/mol. The molecule has 2 aromatic rings. The first-order chi connectivity index (χ1) is 17.4. The Morgan fingerprint density at radius 3 is 2.08 bits per heavy atom. The number of thioether (sulfide) groups is 2. The molecule has 4 nitrogen and oxygen atoms in total. The molecule has 0 N–H and O–H groups in total. The highest BCUT2D eigenvalue weighted by Gasteiger charge is 2.56. The van der Waals surface area contributed by atoms with Crippen LogP contribution in [0.15, 0.2) is 70.5 Å². The third-order valence-electron chi connectivity index (χ3n) is 6.27. The zero-order valence-electron chi connectivity index (χ0n) is 21.0. The molecule has 0 amide bonds. The van der Waals surface area contributed by atoms with Crippen molar-refractivity contribution in [2.45, 2.75) is 37.9 Å². The van der Waals surface area contributed by atoms with E-state index in [4.69, 9.17) is 31.5 Å². The molecule has 0 bridgehead atoms. The Labute approximate surface area is 224 Å². The van der Waals surface area contributed by atoms with Gasteiger partial charge in [-0.2, -0.15) is 0 Å². The van der Waals surface area contributed by atoms with E-state index in [-0.39, 0.29) is 24.9 Å². The summed E-state index contributed by atoms with van der Waals surface area (Å²) in [6.45, 7) is 7.17. The summed E-state index contributed by atoms with van der Waals surface area (Å²) >= 11 is 3.45. The molecule has 36 heavy (non-hydrogen) atoms. The van der Waals surface area contributed by atoms with Crippen LogP contribution in [0, 0.1) is 24.7 Å². The fourth-order valence-electron chi connectivity index (χ4n) is 4.78. The van der Waals surface area contributed by atoms with E-state index < -0.39 is 20.4 Å². The highest BCUT2D eigenvalue weighted by molar-refractivity contribution is 8.10. The average Bonchev–Trinajstić information content (AvgIpc) is 3.21. The second kappa shape index (κ2) is 11.6. The van der Waals surface area contributed by atoms with Gasteiger partial charge >= 0.3 is 0 Å². The molecule has 0 spiro atoms. The second-order valence-electron chi connectivity index (χ2n) is 9.55. The van der Waals surface area contributed by atoms with Crippen LogP contribution in [-0.4, -0.2) is 51.7 Å². The van der Waals surface area contributed by atoms with Crippen LogP contribution in [0.3, 0.4) is 0 Å². The molecule has 2 aliphatic rings. The third-order valence-corrected chi connectivity index (χ3v) is 14.0. The van der Waals surface area contributed by atoms with Gasteiger partial charge in [0.1, 0.15) is 13.2 Å². The average molecular weight is 537 g/mol. The van der Waals surface area contributed by atoms with Gasteiger partial charge < -0.3 is 18.6 Å². The summed E-state index contributed by atoms with van der Waals surface area (Å²) in [7, 11) is -2.83. The Kier molecular flexibility index (Phi) is 8.75. The number of hydrogen-bond acceptors (Lipinski definition) is 6. The Balaban J connectivity index is 1.80. The quantitative estimate of drug-likeness (QED) is 0.344. The predicted octanol–water partition coefficient (Wildman–Crippen LogP) is 4.61. The molecule has 7 heteroatoms. The number of hydrogen-bond donors (Lipinski definition) is 0. The van der Waals surface area contributed by atoms with Crippen molar-refractivity contribution in [3.8, 4) is 24.7 Å². The monoisotopic (exact) mass is 536 g/mol. The summed E-state index contributed by atoms with van der Waals surface area (Å²) in [5.41, 5.74) is 0. The topological polar surface area (TPSA) is 36.9 Å². The van der Waals surface area contributed by atoms with E-state index in [1.807, 2.05) is 12.1 Å². The minimum atomic E-state index is -2.83. The molecule has 4 rings (SSSR count). The smallest absolute Gasteiger partial charge is 0.261 e. The molecule has 0 fully saturated rings. The zero-order chi connectivity index (χ0) is 25.7. The number of ether oxygens (including phenoxy) is 3. The second-order valence-corrected chi connectivity index (χ2v) is 16.1. The molecule has 0 unspecified atom stereocenters. The highest BCUT2D eigenvalue weighted by atomic mass is 32.2. The normalized spacial score (nSPS) is 22.1. The van der Waals surface area contributed by atoms with Crippen LogP contribution >= 0.6 is 23.5 Å². The van der Waals surface area contributed by atoms with Crippen molar-refractivity contribution in [3.05, 3.63) is 70.5 Å². The maximum Gasteiger partial charge on any atom is 0.261 e. The van der Waals surface area contributed by atoms with E-state index in [0.717, 1.165) is 21.3 Å². The number of benzene rings is 2. The maximum atomic E-state index is 7.22. The van der Waals surface area contributed by atoms with Crippen molar-refractivity contribution in [3.63, 3.8) is 0 Å². The lowest BCUT2D eigenvalue weighted by Gasteiger charge is -2.45. The van der Waals surface area contributed by atoms with Crippen LogP contribution in [0.25, 0.3) is 0 Å². The van der Waals surface area contributed by atoms with E-state index in [9.17, 15) is 0 Å². The lowest BCUT2D eigenvalue weighted by molar-refractivity contribution is -0.263. The van der Waals surface area contributed by atoms with Gasteiger partial charge in [-0.15, -0.1) is 36.4 Å². The number of rotatable bonds is 9. The van der Waals surface area contributed by atoms with E-state index in [1.165, 1.54) is 10.4 Å². The standard InChI is InChI=1S/C29H32O4S2Si/c1-6-18-30-27-25-26(35-21-20-34-25)29(33-27,31-19-7-2)22-32-36(28(3,4)5,23-14-10-8-11-15-23)24-16-12-9-13-17-24/h1-2,8-17,27H,18-22H2,3-5H3/t27-,29+/m0/s1. The Bertz CT molecular complexity index is 1110. The van der Waals surface area contributed by atoms with E-state index in [0.29, 0.717) is 0 Å². The van der Waals surface area contributed by atoms with E-state index >= 15 is 0 Å². The van der Waals surface area contributed by atoms with Gasteiger partial charge in [-0.05, 0) is 15.4 Å². The van der Waals surface area contributed by atoms with Gasteiger partial charge in [0.25, 0.3) is 8.32 Å². The summed E-state index contributed by atoms with van der Waals surface area (Å²) in [6.07, 6.45) is 10.5. The van der Waals surface area contributed by atoms with Crippen LogP contribution < -0.4 is 10.4 Å². The van der Waals surface area contributed by atoms with Crippen LogP contribution in [0.1, 0.15) is 20.8 Å². The Hall–Kier alpha value is -1.94. The summed E-state index contributed by atoms with van der Waals surface area (Å²) in [6, 6.07) is 21.0. The van der Waals surface area contributed by atoms with Gasteiger partial charge in [-0.1, -0.05) is 93.3 Å². The van der Waals surface area contributed by atoms with Gasteiger partial charge in [-0.3, -0.25) is 0 Å². The molecule has 0 saturated carbocycles. The summed E-state index contributed by atoms with van der Waals surface area (Å²) in [5, 5.41) is 2.19. The van der Waals surface area contributed by atoms with E-state index in [1.54, 1.807) is 23.5 Å². The Morgan fingerprint density at radius 2 is 1.53 bits per heavy atom. The van der Waals surface area contributed by atoms with Crippen molar-refractivity contribution < 1.29 is 18.6 Å². The number of terminal acetylenes is 2. The summed E-state index contributed by atoms with van der Waals surface area (Å²) in [4.78, 5) is 1.98. The largest absolute Gasteiger partial charge is 0.401 e. The van der Waals surface area contributed by atoms with Gasteiger partial charge in [0.15, 0.2) is 6.29 Å². The fourth-order valence-corrected chi connectivity index (χ4v) is 12.0. The first-order valence-electron chi connectivity index (χ1n) is 11.9. The lowest BCUT2D eigenvalue weighted by atomic mass is 10.2. The molecule has 2 aromatic carbocycles. The first kappa shape index (κ1) is 27.1. The molecule has 0 saturated heterocycles. The molecule has 2 atom stereocenters. The van der Waals surface area contributed by atoms with Gasteiger partial charge in [0.2, 0.25) is 5.79 Å². The molecule has 2 aliphatic heterocycles. The molecule has 0 radical (unpaired) electrons. The van der Waals surface area contributed by atoms with E-state index in [2.05, 4.69) is 81.1 Å². The van der Waals surface area contributed by atoms with Gasteiger partial charge in [0.05, 0.1) is 16.4 Å². The van der Waals surface area contributed by atoms with Gasteiger partial charge in [-0.25, -0.2) is 0 Å². The van der Waals surface area contributed by atoms with Crippen LogP contribution in [0.4, 0.5) is 0 Å². The lowest BCUT2D eigenvalue weighted by Crippen LogP contribution is -2.67. The summed E-state index contributed by atoms with van der Waals surface area (Å²) in [5.74, 6) is 5.89. The van der Waals surface area contributed by atoms with Crippen molar-refractivity contribution >= 4 is 42.2 Å². The van der Waals surface area contributed by atoms with Gasteiger partial charge in [0, 0.05) is 11.5 Å². The highest BCUT2D eigenvalue weighted by Crippen LogP contribution is 2.51. The minimum Gasteiger partial charge on any atom is -0.401 e. The summed E-state index contributed by atoms with van der Waals surface area (Å²) < 4.78 is 26.0. The molecular weight excluding hydrogens is 505 g/mol. The Morgan fingerprint density at radius 1 is 0.944 bits per heavy atom. The van der Waals surface area contributed by atoms with Crippen molar-refractivity contribution in [1.29, 1.82) is 0 Å². The molecule has 0 aromatic heterocycles. The van der Waals surface area contributed by atoms with Crippen LogP contribution in [-0.2, 0) is 18.6 Å². The maximum absolute atomic E-state index is 7.22. The fraction of sp³-hybridized carbons (Fsp3) is 0.379. The van der Waals surface area contributed by atoms with Crippen molar-refractivity contribution in [2.75, 3.05) is 31.3 Å². The molecular formula is C29H32O4S2Si. The first-order valence-corrected chi connectivity index (χ1v) is 15.8. The molecule has 0 aliphatic carbocycles. The minimum absolute atomic E-state index is 0.0912.